The maximum Gasteiger partial charge on any atom is 0.249 e. The van der Waals surface area contributed by atoms with Gasteiger partial charge in [-0.1, -0.05) is 301 Å². The molecule has 1 amide bonds. The fraction of sp³-hybridized carbons (Fsp3) is 0.892. The first-order valence-electron chi connectivity index (χ1n) is 31.9. The highest BCUT2D eigenvalue weighted by atomic mass is 16.3. The largest absolute Gasteiger partial charge is 0.394 e. The van der Waals surface area contributed by atoms with Crippen molar-refractivity contribution in [2.45, 2.75) is 366 Å². The van der Waals surface area contributed by atoms with Gasteiger partial charge in [-0.25, -0.2) is 0 Å². The molecule has 0 saturated carbocycles. The van der Waals surface area contributed by atoms with Crippen LogP contribution in [0.2, 0.25) is 0 Å². The second-order valence-corrected chi connectivity index (χ2v) is 22.1. The zero-order valence-electron chi connectivity index (χ0n) is 47.7. The van der Waals surface area contributed by atoms with E-state index in [9.17, 15) is 25.2 Å². The Morgan fingerprint density at radius 3 is 0.887 bits per heavy atom. The van der Waals surface area contributed by atoms with Gasteiger partial charge in [0.25, 0.3) is 0 Å². The maximum absolute atomic E-state index is 12.6. The molecular weight excluding hydrogens is 875 g/mol. The molecule has 4 unspecified atom stereocenters. The average Bonchev–Trinajstić information content (AvgIpc) is 3.38. The number of carbonyl (C=O) groups is 1. The molecule has 0 rings (SSSR count). The molecule has 6 heteroatoms. The molecule has 0 fully saturated rings. The number of aliphatic hydroxyl groups is 4. The summed E-state index contributed by atoms with van der Waals surface area (Å²) >= 11 is 0. The van der Waals surface area contributed by atoms with Crippen LogP contribution in [0.5, 0.6) is 0 Å². The van der Waals surface area contributed by atoms with E-state index in [0.717, 1.165) is 38.5 Å². The summed E-state index contributed by atoms with van der Waals surface area (Å²) in [4.78, 5) is 12.6. The molecule has 0 aliphatic heterocycles. The van der Waals surface area contributed by atoms with Gasteiger partial charge in [-0.15, -0.1) is 0 Å². The molecule has 6 nitrogen and oxygen atoms in total. The van der Waals surface area contributed by atoms with Gasteiger partial charge in [0.15, 0.2) is 0 Å². The third-order valence-corrected chi connectivity index (χ3v) is 15.1. The Morgan fingerprint density at radius 2 is 0.592 bits per heavy atom. The van der Waals surface area contributed by atoms with Crippen molar-refractivity contribution in [3.63, 3.8) is 0 Å². The van der Waals surface area contributed by atoms with Crippen LogP contribution in [0.15, 0.2) is 36.5 Å². The lowest BCUT2D eigenvalue weighted by Gasteiger charge is -2.27. The Kier molecular flexibility index (Phi) is 58.2. The van der Waals surface area contributed by atoms with Gasteiger partial charge in [0.05, 0.1) is 18.8 Å². The fourth-order valence-electron chi connectivity index (χ4n) is 10.1. The molecule has 0 spiro atoms. The third kappa shape index (κ3) is 53.2. The number of hydrogen-bond acceptors (Lipinski definition) is 5. The van der Waals surface area contributed by atoms with E-state index in [1.54, 1.807) is 0 Å². The van der Waals surface area contributed by atoms with E-state index >= 15 is 0 Å². The topological polar surface area (TPSA) is 110 Å². The van der Waals surface area contributed by atoms with Crippen LogP contribution in [0.4, 0.5) is 0 Å². The number of carbonyl (C=O) groups excluding carboxylic acids is 1. The second kappa shape index (κ2) is 59.4. The second-order valence-electron chi connectivity index (χ2n) is 22.1. The van der Waals surface area contributed by atoms with Crippen molar-refractivity contribution in [2.75, 3.05) is 6.61 Å². The normalized spacial score (nSPS) is 13.8. The molecule has 0 aliphatic carbocycles. The van der Waals surface area contributed by atoms with Crippen LogP contribution >= 0.6 is 0 Å². The van der Waals surface area contributed by atoms with Crippen molar-refractivity contribution < 1.29 is 25.2 Å². The summed E-state index contributed by atoms with van der Waals surface area (Å²) in [6.45, 7) is 4.07. The number of amides is 1. The van der Waals surface area contributed by atoms with Gasteiger partial charge in [-0.05, 0) is 77.0 Å². The van der Waals surface area contributed by atoms with Gasteiger partial charge in [0.2, 0.25) is 5.91 Å². The van der Waals surface area contributed by atoms with Crippen LogP contribution in [-0.2, 0) is 4.79 Å². The van der Waals surface area contributed by atoms with Crippen molar-refractivity contribution >= 4 is 5.91 Å². The number of nitrogens with one attached hydrogen (secondary N) is 1. The first kappa shape index (κ1) is 69.5. The molecule has 0 aromatic heterocycles. The summed E-state index contributed by atoms with van der Waals surface area (Å²) in [5.74, 6) is -0.593. The van der Waals surface area contributed by atoms with E-state index in [2.05, 4.69) is 55.6 Å². The Morgan fingerprint density at radius 1 is 0.338 bits per heavy atom. The lowest BCUT2D eigenvalue weighted by molar-refractivity contribution is -0.132. The quantitative estimate of drug-likeness (QED) is 0.0308. The van der Waals surface area contributed by atoms with Crippen LogP contribution in [-0.4, -0.2) is 57.3 Å². The molecule has 4 atom stereocenters. The van der Waals surface area contributed by atoms with Crippen LogP contribution in [0, 0.1) is 0 Å². The number of hydrogen-bond donors (Lipinski definition) is 5. The van der Waals surface area contributed by atoms with Crippen molar-refractivity contribution in [3.05, 3.63) is 36.5 Å². The highest BCUT2D eigenvalue weighted by Gasteiger charge is 2.28. The highest BCUT2D eigenvalue weighted by Crippen LogP contribution is 2.18. The predicted octanol–water partition coefficient (Wildman–Crippen LogP) is 19.1. The summed E-state index contributed by atoms with van der Waals surface area (Å²) in [6.07, 6.45) is 75.5. The first-order valence-corrected chi connectivity index (χ1v) is 31.9. The van der Waals surface area contributed by atoms with E-state index in [0.29, 0.717) is 19.3 Å². The van der Waals surface area contributed by atoms with E-state index in [1.807, 2.05) is 0 Å². The molecule has 0 heterocycles. The average molecular weight is 1000 g/mol. The summed E-state index contributed by atoms with van der Waals surface area (Å²) < 4.78 is 0. The molecule has 420 valence electrons. The number of rotatable bonds is 59. The van der Waals surface area contributed by atoms with Crippen molar-refractivity contribution in [2.24, 2.45) is 0 Å². The first-order chi connectivity index (χ1) is 35.0. The standard InChI is InChI=1S/C65H125NO5/c1-3-5-7-9-11-13-15-17-19-21-22-23-24-25-26-27-28-29-30-31-32-33-34-35-36-37-38-39-40-41-43-45-47-49-51-53-55-57-59-63(69)65(71)66-61(60-67)64(70)62(68)58-56-54-52-50-48-46-44-42-20-18-16-14-12-10-8-6-4-2/h31-32,42,44,50,52,61-64,67-70H,3-30,33-41,43,45-49,51,53-60H2,1-2H3,(H,66,71)/b32-31-,44-42+,52-50+. The molecule has 0 bridgehead atoms. The van der Waals surface area contributed by atoms with Gasteiger partial charge in [0.1, 0.15) is 12.2 Å². The molecule has 0 aromatic rings. The highest BCUT2D eigenvalue weighted by molar-refractivity contribution is 5.80. The minimum absolute atomic E-state index is 0.362. The summed E-state index contributed by atoms with van der Waals surface area (Å²) in [7, 11) is 0. The molecule has 0 aromatic carbocycles. The Hall–Kier alpha value is -1.47. The zero-order valence-corrected chi connectivity index (χ0v) is 47.7. The lowest BCUT2D eigenvalue weighted by Crippen LogP contribution is -2.53. The Labute approximate surface area is 443 Å². The van der Waals surface area contributed by atoms with Crippen LogP contribution in [0.25, 0.3) is 0 Å². The smallest absolute Gasteiger partial charge is 0.249 e. The minimum Gasteiger partial charge on any atom is -0.394 e. The van der Waals surface area contributed by atoms with E-state index in [-0.39, 0.29) is 0 Å². The van der Waals surface area contributed by atoms with Gasteiger partial charge in [-0.3, -0.25) is 4.79 Å². The predicted molar refractivity (Wildman–Crippen MR) is 311 cm³/mol. The Balaban J connectivity index is 3.54. The fourth-order valence-corrected chi connectivity index (χ4v) is 10.1. The molecular formula is C65H125NO5. The van der Waals surface area contributed by atoms with E-state index < -0.39 is 36.9 Å². The van der Waals surface area contributed by atoms with Crippen molar-refractivity contribution in [3.8, 4) is 0 Å². The molecule has 0 radical (unpaired) electrons. The minimum atomic E-state index is -1.29. The summed E-state index contributed by atoms with van der Waals surface area (Å²) in [5, 5.41) is 44.0. The monoisotopic (exact) mass is 1000 g/mol. The molecule has 5 N–H and O–H groups in total. The zero-order chi connectivity index (χ0) is 51.6. The van der Waals surface area contributed by atoms with Crippen LogP contribution in [0.3, 0.4) is 0 Å². The number of aliphatic hydroxyl groups excluding tert-OH is 4. The lowest BCUT2D eigenvalue weighted by atomic mass is 10.00. The van der Waals surface area contributed by atoms with E-state index in [4.69, 9.17) is 0 Å². The van der Waals surface area contributed by atoms with Gasteiger partial charge >= 0.3 is 0 Å². The molecule has 0 aliphatic rings. The Bertz CT molecular complexity index is 1120. The SMILES string of the molecule is CCCCCCCCCC/C=C/CC/C=C/CCCC(O)C(O)C(CO)NC(=O)C(O)CCCCCCCCCCCCCCCCCC/C=C\CCCCCCCCCCCCCCCCCCCC. The molecule has 0 saturated heterocycles. The van der Waals surface area contributed by atoms with Crippen molar-refractivity contribution in [1.82, 2.24) is 5.32 Å². The van der Waals surface area contributed by atoms with Crippen LogP contribution in [0.1, 0.15) is 341 Å². The van der Waals surface area contributed by atoms with Crippen LogP contribution < -0.4 is 5.32 Å². The van der Waals surface area contributed by atoms with Gasteiger partial charge in [-0.2, -0.15) is 0 Å². The number of allylic oxidation sites excluding steroid dienone is 6. The van der Waals surface area contributed by atoms with Gasteiger partial charge < -0.3 is 25.7 Å². The van der Waals surface area contributed by atoms with Gasteiger partial charge in [0, 0.05) is 0 Å². The third-order valence-electron chi connectivity index (χ3n) is 15.1. The maximum atomic E-state index is 12.6. The van der Waals surface area contributed by atoms with E-state index in [1.165, 1.54) is 270 Å². The molecule has 71 heavy (non-hydrogen) atoms. The summed E-state index contributed by atoms with van der Waals surface area (Å²) in [5.41, 5.74) is 0. The number of unbranched alkanes of at least 4 members (excludes halogenated alkanes) is 44. The van der Waals surface area contributed by atoms with Crippen molar-refractivity contribution in [1.29, 1.82) is 0 Å². The summed E-state index contributed by atoms with van der Waals surface area (Å²) in [6, 6.07) is -1.01.